The quantitative estimate of drug-likeness (QED) is 0.860. The number of rotatable bonds is 5. The van der Waals surface area contributed by atoms with Crippen LogP contribution in [0.25, 0.3) is 0 Å². The first-order valence-corrected chi connectivity index (χ1v) is 8.05. The molecule has 108 valence electrons. The molecule has 2 aromatic rings. The molecule has 3 rings (SSSR count). The van der Waals surface area contributed by atoms with E-state index >= 15 is 0 Å². The summed E-state index contributed by atoms with van der Waals surface area (Å²) in [7, 11) is 1.93. The van der Waals surface area contributed by atoms with Crippen LogP contribution in [0.2, 0.25) is 0 Å². The van der Waals surface area contributed by atoms with Gasteiger partial charge in [0.05, 0.1) is 30.2 Å². The van der Waals surface area contributed by atoms with E-state index in [1.165, 1.54) is 25.7 Å². The van der Waals surface area contributed by atoms with Gasteiger partial charge in [-0.15, -0.1) is 0 Å². The van der Waals surface area contributed by atoms with Gasteiger partial charge in [0.1, 0.15) is 0 Å². The zero-order valence-corrected chi connectivity index (χ0v) is 12.5. The van der Waals surface area contributed by atoms with Gasteiger partial charge in [0.2, 0.25) is 0 Å². The molecule has 0 aromatic carbocycles. The van der Waals surface area contributed by atoms with Crippen LogP contribution in [0, 0.1) is 0 Å². The number of aliphatic hydroxyl groups excluding tert-OH is 1. The largest absolute Gasteiger partial charge is 0.390 e. The number of aromatic nitrogens is 4. The Kier molecular flexibility index (Phi) is 4.12. The zero-order chi connectivity index (χ0) is 13.9. The van der Waals surface area contributed by atoms with Crippen molar-refractivity contribution in [3.05, 3.63) is 29.8 Å². The highest BCUT2D eigenvalue weighted by molar-refractivity contribution is 7.98. The van der Waals surface area contributed by atoms with Crippen molar-refractivity contribution >= 4 is 11.8 Å². The molecule has 1 saturated carbocycles. The Bertz CT molecular complexity index is 571. The number of nitrogens with zero attached hydrogens (tertiary/aromatic N) is 4. The smallest absolute Gasteiger partial charge is 0.168 e. The zero-order valence-electron chi connectivity index (χ0n) is 11.7. The van der Waals surface area contributed by atoms with E-state index in [0.29, 0.717) is 6.04 Å². The van der Waals surface area contributed by atoms with Crippen molar-refractivity contribution < 1.29 is 5.11 Å². The Morgan fingerprint density at radius 1 is 1.40 bits per heavy atom. The number of aliphatic hydroxyl groups is 1. The molecule has 0 unspecified atom stereocenters. The molecule has 0 amide bonds. The summed E-state index contributed by atoms with van der Waals surface area (Å²) in [4.78, 5) is 4.32. The molecule has 2 heterocycles. The van der Waals surface area contributed by atoms with Crippen molar-refractivity contribution in [1.29, 1.82) is 0 Å². The van der Waals surface area contributed by atoms with Crippen LogP contribution in [0.3, 0.4) is 0 Å². The molecule has 0 spiro atoms. The molecule has 0 atom stereocenters. The summed E-state index contributed by atoms with van der Waals surface area (Å²) >= 11 is 1.66. The second-order valence-corrected chi connectivity index (χ2v) is 6.21. The van der Waals surface area contributed by atoms with Crippen molar-refractivity contribution in [1.82, 2.24) is 19.3 Å². The molecule has 6 heteroatoms. The number of imidazole rings is 1. The Balaban J connectivity index is 1.62. The molecule has 1 aliphatic carbocycles. The lowest BCUT2D eigenvalue weighted by molar-refractivity contribution is 0.271. The molecular weight excluding hydrogens is 272 g/mol. The Morgan fingerprint density at radius 3 is 2.90 bits per heavy atom. The van der Waals surface area contributed by atoms with Gasteiger partial charge in [-0.2, -0.15) is 5.10 Å². The van der Waals surface area contributed by atoms with Crippen LogP contribution < -0.4 is 0 Å². The summed E-state index contributed by atoms with van der Waals surface area (Å²) in [5.74, 6) is 0.815. The third-order valence-electron chi connectivity index (χ3n) is 3.92. The van der Waals surface area contributed by atoms with E-state index in [0.717, 1.165) is 22.3 Å². The van der Waals surface area contributed by atoms with E-state index in [1.54, 1.807) is 18.0 Å². The molecule has 1 aliphatic rings. The molecule has 0 aliphatic heterocycles. The summed E-state index contributed by atoms with van der Waals surface area (Å²) in [6, 6.07) is 2.70. The fourth-order valence-electron chi connectivity index (χ4n) is 2.67. The van der Waals surface area contributed by atoms with Crippen molar-refractivity contribution in [2.45, 2.75) is 49.2 Å². The molecule has 0 bridgehead atoms. The maximum atomic E-state index is 9.16. The highest BCUT2D eigenvalue weighted by atomic mass is 32.2. The highest BCUT2D eigenvalue weighted by Gasteiger charge is 2.17. The first-order valence-electron chi connectivity index (χ1n) is 7.06. The van der Waals surface area contributed by atoms with Crippen LogP contribution in [0.5, 0.6) is 0 Å². The lowest BCUT2D eigenvalue weighted by atomic mass is 10.3. The van der Waals surface area contributed by atoms with Gasteiger partial charge >= 0.3 is 0 Å². The van der Waals surface area contributed by atoms with E-state index in [4.69, 9.17) is 5.11 Å². The number of thioether (sulfide) groups is 1. The van der Waals surface area contributed by atoms with Crippen molar-refractivity contribution in [2.24, 2.45) is 7.05 Å². The van der Waals surface area contributed by atoms with Crippen molar-refractivity contribution in [3.8, 4) is 0 Å². The maximum Gasteiger partial charge on any atom is 0.168 e. The topological polar surface area (TPSA) is 55.9 Å². The summed E-state index contributed by atoms with van der Waals surface area (Å²) in [6.45, 7) is 0.0281. The lowest BCUT2D eigenvalue weighted by Gasteiger charge is -2.08. The molecular formula is C14H20N4OS. The molecule has 0 radical (unpaired) electrons. The first-order chi connectivity index (χ1) is 9.78. The third-order valence-corrected chi connectivity index (χ3v) is 4.99. The summed E-state index contributed by atoms with van der Waals surface area (Å²) in [5, 5.41) is 14.8. The Morgan fingerprint density at radius 2 is 2.20 bits per heavy atom. The van der Waals surface area contributed by atoms with Gasteiger partial charge in [0.15, 0.2) is 5.16 Å². The molecule has 0 saturated heterocycles. The van der Waals surface area contributed by atoms with Crippen LogP contribution in [-0.2, 0) is 19.4 Å². The molecule has 1 N–H and O–H groups in total. The van der Waals surface area contributed by atoms with Gasteiger partial charge in [-0.1, -0.05) is 24.6 Å². The molecule has 5 nitrogen and oxygen atoms in total. The SMILES string of the molecule is Cn1c(CO)cnc1SCc1ccn(C2CCCC2)n1. The number of hydrogen-bond acceptors (Lipinski definition) is 4. The van der Waals surface area contributed by atoms with Crippen LogP contribution in [-0.4, -0.2) is 24.4 Å². The minimum Gasteiger partial charge on any atom is -0.390 e. The summed E-state index contributed by atoms with van der Waals surface area (Å²) < 4.78 is 4.05. The second-order valence-electron chi connectivity index (χ2n) is 5.26. The van der Waals surface area contributed by atoms with Gasteiger partial charge in [0, 0.05) is 19.0 Å². The number of hydrogen-bond donors (Lipinski definition) is 1. The maximum absolute atomic E-state index is 9.16. The highest BCUT2D eigenvalue weighted by Crippen LogP contribution is 2.29. The molecule has 1 fully saturated rings. The normalized spacial score (nSPS) is 16.1. The minimum absolute atomic E-state index is 0.0281. The lowest BCUT2D eigenvalue weighted by Crippen LogP contribution is -2.05. The monoisotopic (exact) mass is 292 g/mol. The van der Waals surface area contributed by atoms with Crippen molar-refractivity contribution in [2.75, 3.05) is 0 Å². The predicted octanol–water partition coefficient (Wildman–Crippen LogP) is 2.52. The molecule has 2 aromatic heterocycles. The van der Waals surface area contributed by atoms with E-state index in [1.807, 2.05) is 11.6 Å². The van der Waals surface area contributed by atoms with E-state index in [-0.39, 0.29) is 6.61 Å². The third kappa shape index (κ3) is 2.76. The van der Waals surface area contributed by atoms with Crippen LogP contribution >= 0.6 is 11.8 Å². The molecule has 20 heavy (non-hydrogen) atoms. The van der Waals surface area contributed by atoms with Crippen molar-refractivity contribution in [3.63, 3.8) is 0 Å². The van der Waals surface area contributed by atoms with Crippen LogP contribution in [0.4, 0.5) is 0 Å². The van der Waals surface area contributed by atoms with Gasteiger partial charge in [-0.25, -0.2) is 4.98 Å². The minimum atomic E-state index is 0.0281. The average molecular weight is 292 g/mol. The van der Waals surface area contributed by atoms with Gasteiger partial charge in [-0.3, -0.25) is 4.68 Å². The second kappa shape index (κ2) is 6.01. The van der Waals surface area contributed by atoms with E-state index < -0.39 is 0 Å². The fourth-order valence-corrected chi connectivity index (χ4v) is 3.54. The van der Waals surface area contributed by atoms with Gasteiger partial charge in [0.25, 0.3) is 0 Å². The summed E-state index contributed by atoms with van der Waals surface area (Å²) in [5.41, 5.74) is 1.93. The first kappa shape index (κ1) is 13.7. The fraction of sp³-hybridized carbons (Fsp3) is 0.571. The average Bonchev–Trinajstić information content (AvgIpc) is 3.17. The summed E-state index contributed by atoms with van der Waals surface area (Å²) in [6.07, 6.45) is 8.99. The Labute approximate surface area is 123 Å². The van der Waals surface area contributed by atoms with Gasteiger partial charge in [-0.05, 0) is 18.9 Å². The standard InChI is InChI=1S/C14H20N4OS/c1-17-13(9-19)8-15-14(17)20-10-11-6-7-18(16-11)12-4-2-3-5-12/h6-8,12,19H,2-5,9-10H2,1H3. The van der Waals surface area contributed by atoms with Gasteiger partial charge < -0.3 is 9.67 Å². The van der Waals surface area contributed by atoms with E-state index in [2.05, 4.69) is 27.0 Å². The predicted molar refractivity (Wildman–Crippen MR) is 78.4 cm³/mol. The van der Waals surface area contributed by atoms with Crippen LogP contribution in [0.1, 0.15) is 43.1 Å². The Hall–Kier alpha value is -1.27. The van der Waals surface area contributed by atoms with E-state index in [9.17, 15) is 0 Å². The van der Waals surface area contributed by atoms with Crippen LogP contribution in [0.15, 0.2) is 23.6 Å².